The zero-order chi connectivity index (χ0) is 42.7. The number of carbonyl (C=O) groups excluding carboxylic acids is 4. The minimum Gasteiger partial charge on any atom is -0.486 e. The van der Waals surface area contributed by atoms with E-state index in [1.54, 1.807) is 30.6 Å². The van der Waals surface area contributed by atoms with Gasteiger partial charge in [-0.25, -0.2) is 14.4 Å². The van der Waals surface area contributed by atoms with Gasteiger partial charge in [-0.2, -0.15) is 0 Å². The van der Waals surface area contributed by atoms with Crippen molar-refractivity contribution in [2.75, 3.05) is 26.2 Å². The first-order valence-electron chi connectivity index (χ1n) is 21.4. The zero-order valence-corrected chi connectivity index (χ0v) is 37.2. The second-order valence-electron chi connectivity index (χ2n) is 21.1. The van der Waals surface area contributed by atoms with E-state index in [0.29, 0.717) is 61.8 Å². The van der Waals surface area contributed by atoms with E-state index in [0.717, 1.165) is 17.5 Å². The molecule has 5 atom stereocenters. The minimum atomic E-state index is -0.855. The van der Waals surface area contributed by atoms with Crippen molar-refractivity contribution in [3.63, 3.8) is 0 Å². The van der Waals surface area contributed by atoms with E-state index in [-0.39, 0.29) is 55.3 Å². The Balaban J connectivity index is 1.11. The van der Waals surface area contributed by atoms with Crippen LogP contribution in [0.25, 0.3) is 0 Å². The van der Waals surface area contributed by atoms with Crippen molar-refractivity contribution in [1.82, 2.24) is 15.1 Å². The number of alkyl carbamates (subject to hydrolysis) is 1. The number of nitrogens with zero attached hydrogens (tertiary/aromatic N) is 2. The molecule has 13 nitrogen and oxygen atoms in total. The highest BCUT2D eigenvalue weighted by molar-refractivity contribution is 6.45. The molecule has 1 N–H and O–H groups in total. The summed E-state index contributed by atoms with van der Waals surface area (Å²) in [5.41, 5.74) is 0.0406. The molecule has 6 aliphatic rings. The van der Waals surface area contributed by atoms with Gasteiger partial charge in [-0.05, 0) is 155 Å². The minimum absolute atomic E-state index is 0.109. The van der Waals surface area contributed by atoms with Gasteiger partial charge in [-0.3, -0.25) is 4.79 Å². The summed E-state index contributed by atoms with van der Waals surface area (Å²) in [7, 11) is -0.310. The van der Waals surface area contributed by atoms with Gasteiger partial charge >= 0.3 is 25.3 Å². The number of piperidine rings is 1. The second-order valence-corrected chi connectivity index (χ2v) is 21.1. The van der Waals surface area contributed by atoms with E-state index in [2.05, 4.69) is 26.1 Å². The molecule has 3 amide bonds. The van der Waals surface area contributed by atoms with Crippen LogP contribution in [0.4, 0.5) is 9.59 Å². The molecule has 7 rings (SSSR count). The lowest BCUT2D eigenvalue weighted by Gasteiger charge is -2.64. The van der Waals surface area contributed by atoms with Crippen LogP contribution in [0.2, 0.25) is 6.32 Å². The van der Waals surface area contributed by atoms with Crippen LogP contribution >= 0.6 is 0 Å². The molecule has 1 unspecified atom stereocenters. The largest absolute Gasteiger partial charge is 0.486 e. The average molecular weight is 810 g/mol. The molecule has 1 aromatic rings. The first kappa shape index (κ1) is 44.0. The van der Waals surface area contributed by atoms with Crippen molar-refractivity contribution < 1.29 is 47.4 Å². The van der Waals surface area contributed by atoms with Crippen LogP contribution in [0.5, 0.6) is 5.75 Å². The number of ether oxygens (including phenoxy) is 4. The molecule has 3 aliphatic heterocycles. The molecule has 322 valence electrons. The monoisotopic (exact) mass is 809 g/mol. The summed E-state index contributed by atoms with van der Waals surface area (Å²) in [6.45, 7) is 26.5. The van der Waals surface area contributed by atoms with E-state index in [1.807, 2.05) is 60.6 Å². The Labute approximate surface area is 346 Å². The number of benzene rings is 1. The van der Waals surface area contributed by atoms with Crippen molar-refractivity contribution in [1.29, 1.82) is 0 Å². The molecule has 3 saturated carbocycles. The number of esters is 1. The maximum absolute atomic E-state index is 14.1. The van der Waals surface area contributed by atoms with Crippen LogP contribution in [-0.2, 0) is 34.7 Å². The molecule has 58 heavy (non-hydrogen) atoms. The fraction of sp³-hybridized carbons (Fsp3) is 0.773. The first-order chi connectivity index (χ1) is 26.7. The summed E-state index contributed by atoms with van der Waals surface area (Å²) >= 11 is 0. The molecular weight excluding hydrogens is 741 g/mol. The molecular formula is C44H68BN3O10. The summed E-state index contributed by atoms with van der Waals surface area (Å²) in [6.07, 6.45) is 3.21. The molecule has 0 aromatic heterocycles. The van der Waals surface area contributed by atoms with Gasteiger partial charge in [0, 0.05) is 13.1 Å². The third kappa shape index (κ3) is 9.58. The van der Waals surface area contributed by atoms with E-state index in [1.165, 1.54) is 6.42 Å². The topological polar surface area (TPSA) is 142 Å². The molecule has 14 heteroatoms. The molecule has 2 bridgehead atoms. The normalized spacial score (nSPS) is 26.5. The van der Waals surface area contributed by atoms with Crippen LogP contribution < -0.4 is 10.1 Å². The van der Waals surface area contributed by atoms with Gasteiger partial charge in [0.2, 0.25) is 5.91 Å². The van der Waals surface area contributed by atoms with Crippen molar-refractivity contribution >= 4 is 31.2 Å². The van der Waals surface area contributed by atoms with E-state index in [4.69, 9.17) is 28.3 Å². The Morgan fingerprint density at radius 1 is 0.879 bits per heavy atom. The van der Waals surface area contributed by atoms with Crippen molar-refractivity contribution in [3.8, 4) is 5.75 Å². The number of rotatable bonds is 9. The molecule has 3 heterocycles. The summed E-state index contributed by atoms with van der Waals surface area (Å²) in [5, 5.41) is 2.85. The Morgan fingerprint density at radius 2 is 1.50 bits per heavy atom. The van der Waals surface area contributed by atoms with Gasteiger partial charge in [0.05, 0.1) is 24.8 Å². The number of hydrogen-bond acceptors (Lipinski definition) is 10. The molecule has 3 saturated heterocycles. The van der Waals surface area contributed by atoms with Gasteiger partial charge < -0.3 is 43.4 Å². The van der Waals surface area contributed by atoms with Crippen LogP contribution in [0.15, 0.2) is 12.1 Å². The number of amides is 3. The molecule has 3 aliphatic carbocycles. The number of likely N-dealkylation sites (tertiary alicyclic amines) is 2. The SMILES string of the molecule is Cc1c(CCB2O[C@@H]3C[C@@H]4C[C@@H](C4(C)C)[C@]3(C)O2)ccc(OC2CN(C(=O)C(NC(=O)OC(C)(C)C)C3CCN(C(=O)OC(C)(C)C)CC3)C2)c1C(=O)OC(C)(C)C. The van der Waals surface area contributed by atoms with Crippen molar-refractivity contribution in [2.24, 2.45) is 23.2 Å². The van der Waals surface area contributed by atoms with Gasteiger partial charge in [0.1, 0.15) is 40.3 Å². The van der Waals surface area contributed by atoms with Crippen LogP contribution in [0, 0.1) is 30.1 Å². The van der Waals surface area contributed by atoms with E-state index >= 15 is 0 Å². The first-order valence-corrected chi connectivity index (χ1v) is 21.4. The van der Waals surface area contributed by atoms with Crippen LogP contribution in [0.3, 0.4) is 0 Å². The predicted molar refractivity (Wildman–Crippen MR) is 220 cm³/mol. The summed E-state index contributed by atoms with van der Waals surface area (Å²) < 4.78 is 36.6. The fourth-order valence-corrected chi connectivity index (χ4v) is 9.66. The van der Waals surface area contributed by atoms with Gasteiger partial charge in [-0.1, -0.05) is 19.9 Å². The molecule has 0 spiro atoms. The lowest BCUT2D eigenvalue weighted by Crippen LogP contribution is -2.65. The Hall–Kier alpha value is -3.52. The molecule has 6 fully saturated rings. The standard InChI is InChI=1S/C44H68BN3O10/c1-26-27(16-19-45-57-33-23-29-22-32(43(29,11)12)44(33,13)58-45)14-15-31(34(26)37(50)54-40(2,3)4)53-30-24-48(25-30)36(49)35(46-38(51)55-41(5,6)7)28-17-20-47(21-18-28)39(52)56-42(8,9)10/h14-15,28-30,32-33,35H,16-25H2,1-13H3,(H,46,51)/t29-,32-,33+,35?,44-/m0/s1. The number of hydrogen-bond donors (Lipinski definition) is 1. The molecule has 0 radical (unpaired) electrons. The highest BCUT2D eigenvalue weighted by atomic mass is 16.7. The summed E-state index contributed by atoms with van der Waals surface area (Å²) in [6, 6.07) is 2.97. The fourth-order valence-electron chi connectivity index (χ4n) is 9.66. The van der Waals surface area contributed by atoms with Crippen LogP contribution in [-0.4, -0.2) is 108 Å². The Morgan fingerprint density at radius 3 is 2.09 bits per heavy atom. The quantitative estimate of drug-likeness (QED) is 0.153. The maximum Gasteiger partial charge on any atom is 0.457 e. The van der Waals surface area contributed by atoms with E-state index in [9.17, 15) is 19.2 Å². The lowest BCUT2D eigenvalue weighted by atomic mass is 9.43. The highest BCUT2D eigenvalue weighted by Crippen LogP contribution is 2.65. The third-order valence-electron chi connectivity index (χ3n) is 12.8. The smallest absolute Gasteiger partial charge is 0.457 e. The second kappa shape index (κ2) is 15.8. The third-order valence-corrected chi connectivity index (χ3v) is 12.8. The summed E-state index contributed by atoms with van der Waals surface area (Å²) in [5.74, 6) is 0.625. The van der Waals surface area contributed by atoms with Gasteiger partial charge in [0.25, 0.3) is 0 Å². The average Bonchev–Trinajstić information content (AvgIpc) is 3.41. The lowest BCUT2D eigenvalue weighted by molar-refractivity contribution is -0.199. The van der Waals surface area contributed by atoms with Gasteiger partial charge in [-0.15, -0.1) is 0 Å². The van der Waals surface area contributed by atoms with Crippen LogP contribution in [0.1, 0.15) is 130 Å². The Kier molecular flexibility index (Phi) is 12.0. The van der Waals surface area contributed by atoms with Crippen molar-refractivity contribution in [3.05, 3.63) is 28.8 Å². The van der Waals surface area contributed by atoms with Gasteiger partial charge in [0.15, 0.2) is 0 Å². The van der Waals surface area contributed by atoms with E-state index < -0.39 is 41.0 Å². The maximum atomic E-state index is 14.1. The number of aryl methyl sites for hydroxylation is 1. The highest BCUT2D eigenvalue weighted by Gasteiger charge is 2.67. The zero-order valence-electron chi connectivity index (χ0n) is 37.2. The number of nitrogens with one attached hydrogen (secondary N) is 1. The predicted octanol–water partition coefficient (Wildman–Crippen LogP) is 7.35. The number of carbonyl (C=O) groups is 4. The Bertz CT molecular complexity index is 1730. The summed E-state index contributed by atoms with van der Waals surface area (Å²) in [4.78, 5) is 56.9. The molecule has 1 aromatic carbocycles. The van der Waals surface area contributed by atoms with Crippen molar-refractivity contribution in [2.45, 2.75) is 169 Å².